The van der Waals surface area contributed by atoms with Gasteiger partial charge in [0.25, 0.3) is 0 Å². The Morgan fingerprint density at radius 1 is 1.35 bits per heavy atom. The van der Waals surface area contributed by atoms with Gasteiger partial charge in [-0.2, -0.15) is 0 Å². The molecule has 3 aromatic rings. The number of aromatic nitrogens is 3. The molecule has 138 valence electrons. The van der Waals surface area contributed by atoms with Crippen molar-refractivity contribution in [2.75, 3.05) is 13.2 Å². The van der Waals surface area contributed by atoms with Crippen LogP contribution in [0, 0.1) is 0 Å². The highest BCUT2D eigenvalue weighted by atomic mass is 32.1. The molecule has 0 fully saturated rings. The minimum atomic E-state index is -0.344. The van der Waals surface area contributed by atoms with Crippen LogP contribution in [0.25, 0.3) is 11.0 Å². The van der Waals surface area contributed by atoms with E-state index in [1.54, 1.807) is 11.1 Å². The minimum absolute atomic E-state index is 0.00500. The molecular weight excluding hydrogens is 348 g/mol. The number of rotatable bonds is 8. The van der Waals surface area contributed by atoms with Crippen molar-refractivity contribution in [1.29, 1.82) is 0 Å². The van der Waals surface area contributed by atoms with Crippen molar-refractivity contribution in [2.45, 2.75) is 39.3 Å². The first-order chi connectivity index (χ1) is 12.7. The van der Waals surface area contributed by atoms with E-state index in [2.05, 4.69) is 16.5 Å². The summed E-state index contributed by atoms with van der Waals surface area (Å²) in [5.74, 6) is 0.902. The summed E-state index contributed by atoms with van der Waals surface area (Å²) in [4.78, 5) is 24.0. The number of carbonyl (C=O) groups excluding carboxylic acids is 1. The monoisotopic (exact) mass is 372 g/mol. The molecule has 0 saturated heterocycles. The van der Waals surface area contributed by atoms with Crippen LogP contribution in [0.5, 0.6) is 0 Å². The van der Waals surface area contributed by atoms with Gasteiger partial charge in [0.05, 0.1) is 24.2 Å². The summed E-state index contributed by atoms with van der Waals surface area (Å²) in [7, 11) is 0. The second-order valence-electron chi connectivity index (χ2n) is 6.07. The number of carbonyl (C=O) groups is 1. The van der Waals surface area contributed by atoms with Gasteiger partial charge in [0.2, 0.25) is 5.91 Å². The molecule has 6 nitrogen and oxygen atoms in total. The summed E-state index contributed by atoms with van der Waals surface area (Å²) in [6.45, 7) is 4.71. The van der Waals surface area contributed by atoms with Crippen LogP contribution in [0.3, 0.4) is 0 Å². The standard InChI is InChI=1S/C19H24N4O2S/c1-3-15(19(25)22(10-11-24)13-18-20-9-12-26-18)23-16-8-6-5-7-14(16)21-17(23)4-2/h5-9,12,15,24H,3-4,10-11,13H2,1-2H3/t15-/m0/s1. The second-order valence-corrected chi connectivity index (χ2v) is 7.05. The van der Waals surface area contributed by atoms with Crippen LogP contribution in [0.15, 0.2) is 35.8 Å². The van der Waals surface area contributed by atoms with Crippen molar-refractivity contribution in [2.24, 2.45) is 0 Å². The summed E-state index contributed by atoms with van der Waals surface area (Å²) < 4.78 is 2.06. The van der Waals surface area contributed by atoms with E-state index in [9.17, 15) is 9.90 Å². The summed E-state index contributed by atoms with van der Waals surface area (Å²) in [6.07, 6.45) is 3.15. The number of aliphatic hydroxyl groups is 1. The Morgan fingerprint density at radius 2 is 2.15 bits per heavy atom. The highest BCUT2D eigenvalue weighted by Gasteiger charge is 2.28. The van der Waals surface area contributed by atoms with Crippen molar-refractivity contribution in [3.05, 3.63) is 46.7 Å². The molecule has 0 spiro atoms. The molecular formula is C19H24N4O2S. The van der Waals surface area contributed by atoms with Gasteiger partial charge in [0, 0.05) is 24.5 Å². The summed E-state index contributed by atoms with van der Waals surface area (Å²) >= 11 is 1.52. The Hall–Kier alpha value is -2.25. The summed E-state index contributed by atoms with van der Waals surface area (Å²) in [5.41, 5.74) is 1.88. The number of hydrogen-bond donors (Lipinski definition) is 1. The molecule has 0 bridgehead atoms. The molecule has 0 aliphatic heterocycles. The molecule has 0 radical (unpaired) electrons. The fraction of sp³-hybridized carbons (Fsp3) is 0.421. The number of hydrogen-bond acceptors (Lipinski definition) is 5. The van der Waals surface area contributed by atoms with E-state index in [1.807, 2.05) is 36.6 Å². The molecule has 26 heavy (non-hydrogen) atoms. The average molecular weight is 372 g/mol. The molecule has 0 saturated carbocycles. The largest absolute Gasteiger partial charge is 0.395 e. The van der Waals surface area contributed by atoms with Crippen LogP contribution >= 0.6 is 11.3 Å². The van der Waals surface area contributed by atoms with Gasteiger partial charge in [0.15, 0.2) is 0 Å². The maximum atomic E-state index is 13.3. The van der Waals surface area contributed by atoms with E-state index in [1.165, 1.54) is 11.3 Å². The predicted octanol–water partition coefficient (Wildman–Crippen LogP) is 3.03. The van der Waals surface area contributed by atoms with Gasteiger partial charge in [-0.05, 0) is 18.6 Å². The number of fused-ring (bicyclic) bond motifs is 1. The Morgan fingerprint density at radius 3 is 2.81 bits per heavy atom. The van der Waals surface area contributed by atoms with Gasteiger partial charge in [-0.15, -0.1) is 11.3 Å². The Labute approximate surface area is 157 Å². The third-order valence-corrected chi connectivity index (χ3v) is 5.22. The summed E-state index contributed by atoms with van der Waals surface area (Å²) in [5, 5.41) is 12.2. The first-order valence-corrected chi connectivity index (χ1v) is 9.81. The zero-order valence-corrected chi connectivity index (χ0v) is 15.9. The highest BCUT2D eigenvalue weighted by Crippen LogP contribution is 2.26. The van der Waals surface area contributed by atoms with Crippen molar-refractivity contribution in [3.63, 3.8) is 0 Å². The number of imidazole rings is 1. The molecule has 0 aliphatic carbocycles. The first-order valence-electron chi connectivity index (χ1n) is 8.93. The van der Waals surface area contributed by atoms with Crippen molar-refractivity contribution < 1.29 is 9.90 Å². The topological polar surface area (TPSA) is 71.2 Å². The molecule has 0 unspecified atom stereocenters. The molecule has 2 heterocycles. The fourth-order valence-electron chi connectivity index (χ4n) is 3.25. The Balaban J connectivity index is 1.97. The molecule has 1 aromatic carbocycles. The van der Waals surface area contributed by atoms with Gasteiger partial charge in [0.1, 0.15) is 16.9 Å². The number of amides is 1. The Bertz CT molecular complexity index is 860. The zero-order valence-electron chi connectivity index (χ0n) is 15.1. The lowest BCUT2D eigenvalue weighted by molar-refractivity contribution is -0.136. The van der Waals surface area contributed by atoms with E-state index in [0.29, 0.717) is 19.5 Å². The lowest BCUT2D eigenvalue weighted by Crippen LogP contribution is -2.39. The quantitative estimate of drug-likeness (QED) is 0.660. The number of thiazole rings is 1. The number of benzene rings is 1. The lowest BCUT2D eigenvalue weighted by Gasteiger charge is -2.27. The Kier molecular flexibility index (Phi) is 6.00. The number of aliphatic hydroxyl groups excluding tert-OH is 1. The third-order valence-electron chi connectivity index (χ3n) is 4.46. The van der Waals surface area contributed by atoms with Gasteiger partial charge in [-0.1, -0.05) is 26.0 Å². The molecule has 0 aliphatic rings. The fourth-order valence-corrected chi connectivity index (χ4v) is 3.88. The van der Waals surface area contributed by atoms with Crippen molar-refractivity contribution in [3.8, 4) is 0 Å². The van der Waals surface area contributed by atoms with Gasteiger partial charge in [-0.25, -0.2) is 9.97 Å². The number of para-hydroxylation sites is 2. The van der Waals surface area contributed by atoms with Crippen LogP contribution in [-0.4, -0.2) is 43.6 Å². The maximum Gasteiger partial charge on any atom is 0.246 e. The van der Waals surface area contributed by atoms with Crippen LogP contribution in [0.2, 0.25) is 0 Å². The first kappa shape index (κ1) is 18.5. The molecule has 2 aromatic heterocycles. The van der Waals surface area contributed by atoms with E-state index < -0.39 is 0 Å². The molecule has 1 atom stereocenters. The third kappa shape index (κ3) is 3.64. The van der Waals surface area contributed by atoms with E-state index in [4.69, 9.17) is 4.98 Å². The number of nitrogens with zero attached hydrogens (tertiary/aromatic N) is 4. The lowest BCUT2D eigenvalue weighted by atomic mass is 10.1. The van der Waals surface area contributed by atoms with Gasteiger partial charge >= 0.3 is 0 Å². The van der Waals surface area contributed by atoms with Crippen LogP contribution < -0.4 is 0 Å². The summed E-state index contributed by atoms with van der Waals surface area (Å²) in [6, 6.07) is 7.57. The molecule has 7 heteroatoms. The average Bonchev–Trinajstić information content (AvgIpc) is 3.30. The van der Waals surface area contributed by atoms with Crippen LogP contribution in [0.4, 0.5) is 0 Å². The molecule has 1 N–H and O–H groups in total. The number of aryl methyl sites for hydroxylation is 1. The highest BCUT2D eigenvalue weighted by molar-refractivity contribution is 7.09. The molecule has 1 amide bonds. The smallest absolute Gasteiger partial charge is 0.246 e. The second kappa shape index (κ2) is 8.42. The normalized spacial score (nSPS) is 12.4. The minimum Gasteiger partial charge on any atom is -0.395 e. The molecule has 3 rings (SSSR count). The maximum absolute atomic E-state index is 13.3. The van der Waals surface area contributed by atoms with E-state index in [0.717, 1.165) is 28.3 Å². The van der Waals surface area contributed by atoms with Crippen molar-refractivity contribution in [1.82, 2.24) is 19.4 Å². The zero-order chi connectivity index (χ0) is 18.5. The van der Waals surface area contributed by atoms with Crippen LogP contribution in [-0.2, 0) is 17.8 Å². The van der Waals surface area contributed by atoms with Gasteiger partial charge in [-0.3, -0.25) is 4.79 Å². The van der Waals surface area contributed by atoms with Gasteiger partial charge < -0.3 is 14.6 Å². The van der Waals surface area contributed by atoms with Crippen LogP contribution in [0.1, 0.15) is 37.1 Å². The van der Waals surface area contributed by atoms with E-state index >= 15 is 0 Å². The van der Waals surface area contributed by atoms with E-state index in [-0.39, 0.29) is 18.6 Å². The van der Waals surface area contributed by atoms with Crippen molar-refractivity contribution >= 4 is 28.3 Å². The predicted molar refractivity (Wildman–Crippen MR) is 103 cm³/mol. The SMILES string of the molecule is CCc1nc2ccccc2n1[C@@H](CC)C(=O)N(CCO)Cc1nccs1.